The molecule has 0 aromatic rings. The summed E-state index contributed by atoms with van der Waals surface area (Å²) < 4.78 is 0. The minimum atomic E-state index is -0.304. The van der Waals surface area contributed by atoms with Gasteiger partial charge in [0, 0.05) is 6.54 Å². The van der Waals surface area contributed by atoms with E-state index < -0.39 is 0 Å². The Morgan fingerprint density at radius 1 is 1.73 bits per heavy atom. The van der Waals surface area contributed by atoms with Gasteiger partial charge >= 0.3 is 0 Å². The van der Waals surface area contributed by atoms with Crippen LogP contribution in [0.15, 0.2) is 12.7 Å². The van der Waals surface area contributed by atoms with Crippen LogP contribution in [-0.2, 0) is 4.79 Å². The van der Waals surface area contributed by atoms with Crippen molar-refractivity contribution < 1.29 is 4.79 Å². The maximum absolute atomic E-state index is 10.8. The summed E-state index contributed by atoms with van der Waals surface area (Å²) in [5, 5.41) is 2.98. The summed E-state index contributed by atoms with van der Waals surface area (Å²) >= 11 is 0. The molecule has 3 nitrogen and oxygen atoms in total. The molecule has 0 spiro atoms. The van der Waals surface area contributed by atoms with Crippen LogP contribution >= 0.6 is 0 Å². The predicted molar refractivity (Wildman–Crippen MR) is 46.0 cm³/mol. The van der Waals surface area contributed by atoms with Gasteiger partial charge in [-0.3, -0.25) is 4.79 Å². The molecule has 0 aliphatic heterocycles. The number of hydrogen-bond donors (Lipinski definition) is 2. The molecule has 0 heterocycles. The Kier molecular flexibility index (Phi) is 4.54. The van der Waals surface area contributed by atoms with Gasteiger partial charge in [0.05, 0.1) is 6.04 Å². The molecular weight excluding hydrogens is 140 g/mol. The summed E-state index contributed by atoms with van der Waals surface area (Å²) in [4.78, 5) is 10.8. The van der Waals surface area contributed by atoms with E-state index in [0.717, 1.165) is 0 Å². The Hall–Kier alpha value is -0.830. The number of hydrogen-bond acceptors (Lipinski definition) is 2. The fourth-order valence-electron chi connectivity index (χ4n) is 0.875. The molecule has 0 saturated carbocycles. The highest BCUT2D eigenvalue weighted by Crippen LogP contribution is 1.99. The number of amides is 1. The molecule has 0 aromatic carbocycles. The monoisotopic (exact) mass is 156 g/mol. The maximum Gasteiger partial charge on any atom is 0.234 e. The van der Waals surface area contributed by atoms with Crippen molar-refractivity contribution in [3.63, 3.8) is 0 Å². The predicted octanol–water partition coefficient (Wildman–Crippen LogP) is 0.272. The average molecular weight is 156 g/mol. The van der Waals surface area contributed by atoms with Crippen molar-refractivity contribution in [2.75, 3.05) is 6.54 Å². The van der Waals surface area contributed by atoms with Crippen LogP contribution in [0.2, 0.25) is 0 Å². The van der Waals surface area contributed by atoms with Crippen molar-refractivity contribution in [1.82, 2.24) is 5.32 Å². The zero-order valence-electron chi connectivity index (χ0n) is 7.13. The number of nitrogens with two attached hydrogens (primary N) is 1. The molecule has 0 bridgehead atoms. The molecule has 1 atom stereocenters. The SMILES string of the molecule is C=CCNC(C(N)=O)C(C)C. The van der Waals surface area contributed by atoms with Crippen molar-refractivity contribution in [2.24, 2.45) is 11.7 Å². The number of carbonyl (C=O) groups excluding carboxylic acids is 1. The number of nitrogens with one attached hydrogen (secondary N) is 1. The summed E-state index contributed by atoms with van der Waals surface area (Å²) in [6.07, 6.45) is 1.71. The molecule has 0 saturated heterocycles. The third kappa shape index (κ3) is 3.78. The van der Waals surface area contributed by atoms with E-state index in [-0.39, 0.29) is 17.9 Å². The molecule has 1 amide bonds. The van der Waals surface area contributed by atoms with E-state index in [9.17, 15) is 4.79 Å². The van der Waals surface area contributed by atoms with Crippen molar-refractivity contribution in [2.45, 2.75) is 19.9 Å². The third-order valence-electron chi connectivity index (χ3n) is 1.46. The molecule has 0 rings (SSSR count). The van der Waals surface area contributed by atoms with E-state index in [1.807, 2.05) is 13.8 Å². The number of primary amides is 1. The number of carbonyl (C=O) groups is 1. The Bertz CT molecular complexity index is 143. The Morgan fingerprint density at radius 3 is 2.55 bits per heavy atom. The lowest BCUT2D eigenvalue weighted by molar-refractivity contribution is -0.120. The second-order valence-corrected chi connectivity index (χ2v) is 2.82. The lowest BCUT2D eigenvalue weighted by Gasteiger charge is -2.17. The first kappa shape index (κ1) is 10.2. The van der Waals surface area contributed by atoms with Crippen LogP contribution in [0.1, 0.15) is 13.8 Å². The van der Waals surface area contributed by atoms with E-state index in [0.29, 0.717) is 6.54 Å². The van der Waals surface area contributed by atoms with Gasteiger partial charge in [0.25, 0.3) is 0 Å². The van der Waals surface area contributed by atoms with Crippen molar-refractivity contribution in [1.29, 1.82) is 0 Å². The van der Waals surface area contributed by atoms with Crippen molar-refractivity contribution >= 4 is 5.91 Å². The highest BCUT2D eigenvalue weighted by atomic mass is 16.1. The summed E-state index contributed by atoms with van der Waals surface area (Å²) in [6, 6.07) is -0.243. The van der Waals surface area contributed by atoms with Gasteiger partial charge in [0.2, 0.25) is 5.91 Å². The first-order valence-electron chi connectivity index (χ1n) is 3.73. The number of rotatable bonds is 5. The molecule has 64 valence electrons. The van der Waals surface area contributed by atoms with Gasteiger partial charge in [-0.05, 0) is 5.92 Å². The zero-order chi connectivity index (χ0) is 8.85. The highest BCUT2D eigenvalue weighted by molar-refractivity contribution is 5.80. The smallest absolute Gasteiger partial charge is 0.234 e. The van der Waals surface area contributed by atoms with Gasteiger partial charge in [-0.25, -0.2) is 0 Å². The summed E-state index contributed by atoms with van der Waals surface area (Å²) in [5.74, 6) is -0.0747. The minimum absolute atomic E-state index is 0.229. The van der Waals surface area contributed by atoms with Gasteiger partial charge in [-0.1, -0.05) is 19.9 Å². The van der Waals surface area contributed by atoms with Gasteiger partial charge in [-0.15, -0.1) is 6.58 Å². The fraction of sp³-hybridized carbons (Fsp3) is 0.625. The third-order valence-corrected chi connectivity index (χ3v) is 1.46. The van der Waals surface area contributed by atoms with Crippen LogP contribution in [0, 0.1) is 5.92 Å². The van der Waals surface area contributed by atoms with Crippen molar-refractivity contribution in [3.8, 4) is 0 Å². The highest BCUT2D eigenvalue weighted by Gasteiger charge is 2.17. The normalized spacial score (nSPS) is 13.0. The quantitative estimate of drug-likeness (QED) is 0.561. The van der Waals surface area contributed by atoms with E-state index in [1.54, 1.807) is 6.08 Å². The Balaban J connectivity index is 3.89. The Morgan fingerprint density at radius 2 is 2.27 bits per heavy atom. The first-order chi connectivity index (χ1) is 5.09. The van der Waals surface area contributed by atoms with Crippen LogP contribution in [0.3, 0.4) is 0 Å². The molecule has 0 aliphatic rings. The maximum atomic E-state index is 10.8. The topological polar surface area (TPSA) is 55.1 Å². The van der Waals surface area contributed by atoms with E-state index >= 15 is 0 Å². The van der Waals surface area contributed by atoms with Gasteiger partial charge in [0.1, 0.15) is 0 Å². The molecular formula is C8H16N2O. The molecule has 0 fully saturated rings. The van der Waals surface area contributed by atoms with E-state index in [2.05, 4.69) is 11.9 Å². The second kappa shape index (κ2) is 4.91. The van der Waals surface area contributed by atoms with Crippen LogP contribution < -0.4 is 11.1 Å². The molecule has 0 aliphatic carbocycles. The molecule has 3 heteroatoms. The van der Waals surface area contributed by atoms with Gasteiger partial charge in [0.15, 0.2) is 0 Å². The first-order valence-corrected chi connectivity index (χ1v) is 3.73. The van der Waals surface area contributed by atoms with Crippen LogP contribution in [0.4, 0.5) is 0 Å². The largest absolute Gasteiger partial charge is 0.368 e. The van der Waals surface area contributed by atoms with Gasteiger partial charge in [-0.2, -0.15) is 0 Å². The lowest BCUT2D eigenvalue weighted by atomic mass is 10.0. The van der Waals surface area contributed by atoms with Crippen LogP contribution in [0.5, 0.6) is 0 Å². The molecule has 3 N–H and O–H groups in total. The summed E-state index contributed by atoms with van der Waals surface area (Å²) in [7, 11) is 0. The molecule has 0 aromatic heterocycles. The fourth-order valence-corrected chi connectivity index (χ4v) is 0.875. The zero-order valence-corrected chi connectivity index (χ0v) is 7.13. The summed E-state index contributed by atoms with van der Waals surface area (Å²) in [6.45, 7) is 8.05. The van der Waals surface area contributed by atoms with E-state index in [4.69, 9.17) is 5.73 Å². The molecule has 11 heavy (non-hydrogen) atoms. The van der Waals surface area contributed by atoms with Gasteiger partial charge < -0.3 is 11.1 Å². The minimum Gasteiger partial charge on any atom is -0.368 e. The van der Waals surface area contributed by atoms with Crippen LogP contribution in [0.25, 0.3) is 0 Å². The lowest BCUT2D eigenvalue weighted by Crippen LogP contribution is -2.44. The molecule has 0 radical (unpaired) electrons. The molecule has 1 unspecified atom stereocenters. The van der Waals surface area contributed by atoms with E-state index in [1.165, 1.54) is 0 Å². The second-order valence-electron chi connectivity index (χ2n) is 2.82. The standard InChI is InChI=1S/C8H16N2O/c1-4-5-10-7(6(2)3)8(9)11/h4,6-7,10H,1,5H2,2-3H3,(H2,9,11). The average Bonchev–Trinajstić information content (AvgIpc) is 1.87. The summed E-state index contributed by atoms with van der Waals surface area (Å²) in [5.41, 5.74) is 5.14. The van der Waals surface area contributed by atoms with Crippen LogP contribution in [-0.4, -0.2) is 18.5 Å². The Labute approximate surface area is 67.7 Å². The van der Waals surface area contributed by atoms with Crippen molar-refractivity contribution in [3.05, 3.63) is 12.7 Å².